The van der Waals surface area contributed by atoms with E-state index in [9.17, 15) is 0 Å². The molecular weight excluding hydrogens is 421 g/mol. The predicted molar refractivity (Wildman–Crippen MR) is 109 cm³/mol. The lowest BCUT2D eigenvalue weighted by molar-refractivity contribution is 0.501. The van der Waals surface area contributed by atoms with Crippen LogP contribution in [0.15, 0.2) is 32.3 Å². The molecule has 1 atom stereocenters. The molecule has 1 unspecified atom stereocenters. The maximum atomic E-state index is 5.54. The molecule has 0 aliphatic carbocycles. The van der Waals surface area contributed by atoms with Gasteiger partial charge in [-0.15, -0.1) is 24.0 Å². The van der Waals surface area contributed by atoms with Crippen LogP contribution >= 0.6 is 35.3 Å². The van der Waals surface area contributed by atoms with E-state index in [1.165, 1.54) is 5.56 Å². The van der Waals surface area contributed by atoms with Gasteiger partial charge in [0, 0.05) is 18.7 Å². The quantitative estimate of drug-likeness (QED) is 0.391. The van der Waals surface area contributed by atoms with Gasteiger partial charge < -0.3 is 15.1 Å². The van der Waals surface area contributed by atoms with Crippen LogP contribution in [0.2, 0.25) is 0 Å². The van der Waals surface area contributed by atoms with Crippen LogP contribution in [0.5, 0.6) is 0 Å². The summed E-state index contributed by atoms with van der Waals surface area (Å²) in [6.45, 7) is 10.6. The SMILES string of the molecule is CCNC(=NCc1cc(C)oc1C)NCC(C)c1ccsc1.I. The summed E-state index contributed by atoms with van der Waals surface area (Å²) in [5.74, 6) is 3.20. The third-order valence-electron chi connectivity index (χ3n) is 3.58. The van der Waals surface area contributed by atoms with E-state index in [1.54, 1.807) is 11.3 Å². The molecule has 2 aromatic rings. The van der Waals surface area contributed by atoms with Crippen molar-refractivity contribution < 1.29 is 4.42 Å². The van der Waals surface area contributed by atoms with Crippen LogP contribution in [0.25, 0.3) is 0 Å². The average molecular weight is 447 g/mol. The summed E-state index contributed by atoms with van der Waals surface area (Å²) in [5, 5.41) is 11.0. The number of furan rings is 1. The molecule has 2 N–H and O–H groups in total. The predicted octanol–water partition coefficient (Wildman–Crippen LogP) is 4.43. The Bertz CT molecular complexity index is 607. The van der Waals surface area contributed by atoms with Crippen molar-refractivity contribution in [2.24, 2.45) is 4.99 Å². The largest absolute Gasteiger partial charge is 0.466 e. The van der Waals surface area contributed by atoms with Crippen LogP contribution in [-0.4, -0.2) is 19.0 Å². The van der Waals surface area contributed by atoms with Gasteiger partial charge in [-0.1, -0.05) is 6.92 Å². The topological polar surface area (TPSA) is 49.6 Å². The summed E-state index contributed by atoms with van der Waals surface area (Å²) in [7, 11) is 0. The van der Waals surface area contributed by atoms with Crippen molar-refractivity contribution in [1.29, 1.82) is 0 Å². The number of halogens is 1. The molecule has 0 aliphatic heterocycles. The van der Waals surface area contributed by atoms with Crippen molar-refractivity contribution in [3.05, 3.63) is 45.5 Å². The summed E-state index contributed by atoms with van der Waals surface area (Å²) in [5.41, 5.74) is 2.51. The van der Waals surface area contributed by atoms with E-state index >= 15 is 0 Å². The molecule has 6 heteroatoms. The lowest BCUT2D eigenvalue weighted by atomic mass is 10.1. The lowest BCUT2D eigenvalue weighted by Crippen LogP contribution is -2.39. The fraction of sp³-hybridized carbons (Fsp3) is 0.471. The number of rotatable bonds is 6. The molecule has 0 bridgehead atoms. The molecule has 0 spiro atoms. The fourth-order valence-corrected chi connectivity index (χ4v) is 3.05. The van der Waals surface area contributed by atoms with Gasteiger partial charge in [-0.05, 0) is 55.1 Å². The number of aryl methyl sites for hydroxylation is 2. The van der Waals surface area contributed by atoms with Crippen molar-refractivity contribution in [1.82, 2.24) is 10.6 Å². The van der Waals surface area contributed by atoms with Crippen LogP contribution in [0.1, 0.15) is 42.4 Å². The van der Waals surface area contributed by atoms with Gasteiger partial charge in [0.15, 0.2) is 5.96 Å². The van der Waals surface area contributed by atoms with Crippen LogP contribution in [-0.2, 0) is 6.54 Å². The third-order valence-corrected chi connectivity index (χ3v) is 4.28. The van der Waals surface area contributed by atoms with Gasteiger partial charge in [-0.3, -0.25) is 0 Å². The first-order valence-corrected chi connectivity index (χ1v) is 8.64. The maximum Gasteiger partial charge on any atom is 0.191 e. The summed E-state index contributed by atoms with van der Waals surface area (Å²) in [6.07, 6.45) is 0. The number of hydrogen-bond donors (Lipinski definition) is 2. The summed E-state index contributed by atoms with van der Waals surface area (Å²) < 4.78 is 5.54. The molecule has 23 heavy (non-hydrogen) atoms. The highest BCUT2D eigenvalue weighted by Gasteiger charge is 2.08. The Balaban J connectivity index is 0.00000264. The van der Waals surface area contributed by atoms with Gasteiger partial charge in [-0.25, -0.2) is 4.99 Å². The fourth-order valence-electron chi connectivity index (χ4n) is 2.27. The van der Waals surface area contributed by atoms with E-state index < -0.39 is 0 Å². The molecule has 0 amide bonds. The average Bonchev–Trinajstić information content (AvgIpc) is 3.11. The van der Waals surface area contributed by atoms with Crippen LogP contribution < -0.4 is 10.6 Å². The monoisotopic (exact) mass is 447 g/mol. The van der Waals surface area contributed by atoms with Crippen molar-refractivity contribution >= 4 is 41.3 Å². The Morgan fingerprint density at radius 2 is 2.13 bits per heavy atom. The molecule has 2 heterocycles. The molecule has 4 nitrogen and oxygen atoms in total. The van der Waals surface area contributed by atoms with E-state index in [1.807, 2.05) is 13.8 Å². The summed E-state index contributed by atoms with van der Waals surface area (Å²) >= 11 is 1.74. The first kappa shape index (κ1) is 20.0. The van der Waals surface area contributed by atoms with E-state index in [0.29, 0.717) is 12.5 Å². The molecule has 0 saturated carbocycles. The number of thiophene rings is 1. The van der Waals surface area contributed by atoms with Crippen LogP contribution in [0, 0.1) is 13.8 Å². The van der Waals surface area contributed by atoms with Gasteiger partial charge in [0.2, 0.25) is 0 Å². The molecule has 0 saturated heterocycles. The standard InChI is InChI=1S/C17H25N3OS.HI/c1-5-18-17(19-9-12(2)15-6-7-22-11-15)20-10-16-8-13(3)21-14(16)4;/h6-8,11-12H,5,9-10H2,1-4H3,(H2,18,19,20);1H. The zero-order valence-electron chi connectivity index (χ0n) is 14.2. The first-order valence-electron chi connectivity index (χ1n) is 7.70. The Morgan fingerprint density at radius 3 is 2.70 bits per heavy atom. The Hall–Kier alpha value is -1.02. The molecule has 2 rings (SSSR count). The minimum Gasteiger partial charge on any atom is -0.466 e. The van der Waals surface area contributed by atoms with Gasteiger partial charge in [0.1, 0.15) is 11.5 Å². The van der Waals surface area contributed by atoms with Crippen molar-refractivity contribution in [3.63, 3.8) is 0 Å². The molecule has 0 aromatic carbocycles. The highest BCUT2D eigenvalue weighted by Crippen LogP contribution is 2.17. The minimum absolute atomic E-state index is 0. The van der Waals surface area contributed by atoms with Crippen LogP contribution in [0.3, 0.4) is 0 Å². The highest BCUT2D eigenvalue weighted by atomic mass is 127. The molecule has 128 valence electrons. The van der Waals surface area contributed by atoms with E-state index in [0.717, 1.165) is 36.1 Å². The van der Waals surface area contributed by atoms with Crippen molar-refractivity contribution in [2.75, 3.05) is 13.1 Å². The Labute approximate surface area is 159 Å². The Morgan fingerprint density at radius 1 is 1.35 bits per heavy atom. The van der Waals surface area contributed by atoms with E-state index in [4.69, 9.17) is 4.42 Å². The lowest BCUT2D eigenvalue weighted by Gasteiger charge is -2.15. The summed E-state index contributed by atoms with van der Waals surface area (Å²) in [4.78, 5) is 4.65. The first-order chi connectivity index (χ1) is 10.6. The molecule has 2 aromatic heterocycles. The van der Waals surface area contributed by atoms with Gasteiger partial charge in [0.25, 0.3) is 0 Å². The molecular formula is C17H26IN3OS. The second kappa shape index (κ2) is 9.97. The van der Waals surface area contributed by atoms with E-state index in [2.05, 4.69) is 52.4 Å². The molecule has 0 radical (unpaired) electrons. The minimum atomic E-state index is 0. The highest BCUT2D eigenvalue weighted by molar-refractivity contribution is 14.0. The number of nitrogens with one attached hydrogen (secondary N) is 2. The number of hydrogen-bond acceptors (Lipinski definition) is 3. The van der Waals surface area contributed by atoms with Crippen molar-refractivity contribution in [3.8, 4) is 0 Å². The smallest absolute Gasteiger partial charge is 0.191 e. The van der Waals surface area contributed by atoms with Crippen molar-refractivity contribution in [2.45, 2.75) is 40.2 Å². The zero-order valence-corrected chi connectivity index (χ0v) is 17.3. The molecule has 0 aliphatic rings. The van der Waals surface area contributed by atoms with Gasteiger partial charge in [-0.2, -0.15) is 11.3 Å². The second-order valence-corrected chi connectivity index (χ2v) is 6.25. The number of guanidine groups is 1. The maximum absolute atomic E-state index is 5.54. The van der Waals surface area contributed by atoms with Gasteiger partial charge >= 0.3 is 0 Å². The molecule has 0 fully saturated rings. The number of aliphatic imine (C=N–C) groups is 1. The van der Waals surface area contributed by atoms with E-state index in [-0.39, 0.29) is 24.0 Å². The third kappa shape index (κ3) is 6.18. The second-order valence-electron chi connectivity index (χ2n) is 5.47. The zero-order chi connectivity index (χ0) is 15.9. The number of nitrogens with zero attached hydrogens (tertiary/aromatic N) is 1. The summed E-state index contributed by atoms with van der Waals surface area (Å²) in [6, 6.07) is 4.23. The van der Waals surface area contributed by atoms with Gasteiger partial charge in [0.05, 0.1) is 6.54 Å². The van der Waals surface area contributed by atoms with Crippen LogP contribution in [0.4, 0.5) is 0 Å². The normalized spacial score (nSPS) is 12.6. The Kier molecular flexibility index (Phi) is 8.68.